The number of ether oxygens (including phenoxy) is 1. The van der Waals surface area contributed by atoms with Gasteiger partial charge in [-0.3, -0.25) is 0 Å². The molecule has 1 heterocycles. The van der Waals surface area contributed by atoms with E-state index in [1.807, 2.05) is 13.1 Å². The fourth-order valence-electron chi connectivity index (χ4n) is 2.72. The summed E-state index contributed by atoms with van der Waals surface area (Å²) in [4.78, 5) is 4.45. The van der Waals surface area contributed by atoms with Crippen LogP contribution in [0, 0.1) is 0 Å². The Labute approximate surface area is 116 Å². The average Bonchev–Trinajstić information content (AvgIpc) is 2.69. The number of hydrogen-bond donors (Lipinski definition) is 1. The fraction of sp³-hybridized carbons (Fsp3) is 0.800. The Morgan fingerprint density at radius 1 is 1.32 bits per heavy atom. The van der Waals surface area contributed by atoms with Crippen LogP contribution in [0.1, 0.15) is 51.9 Å². The number of aryl methyl sites for hydroxylation is 1. The summed E-state index contributed by atoms with van der Waals surface area (Å²) < 4.78 is 7.60. The highest BCUT2D eigenvalue weighted by molar-refractivity contribution is 5.27. The van der Waals surface area contributed by atoms with E-state index in [0.717, 1.165) is 32.1 Å². The Bertz CT molecular complexity index is 343. The monoisotopic (exact) mass is 265 g/mol. The molecule has 1 aliphatic carbocycles. The molecule has 0 saturated heterocycles. The van der Waals surface area contributed by atoms with Crippen LogP contribution in [-0.4, -0.2) is 28.8 Å². The highest BCUT2D eigenvalue weighted by Gasteiger charge is 2.13. The summed E-state index contributed by atoms with van der Waals surface area (Å²) in [5, 5.41) is 3.62. The van der Waals surface area contributed by atoms with Gasteiger partial charge in [0.25, 0.3) is 0 Å². The molecule has 1 fully saturated rings. The minimum Gasteiger partial charge on any atom is -0.382 e. The van der Waals surface area contributed by atoms with Crippen LogP contribution in [0.4, 0.5) is 5.95 Å². The van der Waals surface area contributed by atoms with E-state index in [1.165, 1.54) is 38.5 Å². The second kappa shape index (κ2) is 8.20. The zero-order valence-electron chi connectivity index (χ0n) is 12.1. The molecule has 2 rings (SSSR count). The molecule has 4 nitrogen and oxygen atoms in total. The minimum atomic E-state index is 0.607. The highest BCUT2D eigenvalue weighted by Crippen LogP contribution is 2.20. The van der Waals surface area contributed by atoms with Crippen LogP contribution in [0.25, 0.3) is 0 Å². The molecule has 0 aliphatic heterocycles. The average molecular weight is 265 g/mol. The fourth-order valence-corrected chi connectivity index (χ4v) is 2.72. The first-order valence-electron chi connectivity index (χ1n) is 7.75. The van der Waals surface area contributed by atoms with Crippen molar-refractivity contribution in [2.75, 3.05) is 18.5 Å². The lowest BCUT2D eigenvalue weighted by molar-refractivity contribution is 0.142. The van der Waals surface area contributed by atoms with Gasteiger partial charge in [-0.1, -0.05) is 25.7 Å². The lowest BCUT2D eigenvalue weighted by Crippen LogP contribution is -2.21. The minimum absolute atomic E-state index is 0.607. The summed E-state index contributed by atoms with van der Waals surface area (Å²) in [7, 11) is 0. The Morgan fingerprint density at radius 2 is 2.11 bits per heavy atom. The van der Waals surface area contributed by atoms with E-state index in [-0.39, 0.29) is 0 Å². The van der Waals surface area contributed by atoms with Crippen molar-refractivity contribution in [1.29, 1.82) is 0 Å². The maximum absolute atomic E-state index is 5.38. The molecule has 0 aromatic carbocycles. The number of anilines is 1. The molecule has 0 radical (unpaired) electrons. The van der Waals surface area contributed by atoms with Crippen LogP contribution < -0.4 is 5.32 Å². The molecule has 4 heteroatoms. The second-order valence-corrected chi connectivity index (χ2v) is 5.33. The van der Waals surface area contributed by atoms with Gasteiger partial charge in [0.1, 0.15) is 0 Å². The zero-order chi connectivity index (χ0) is 13.3. The second-order valence-electron chi connectivity index (χ2n) is 5.33. The molecule has 0 spiro atoms. The van der Waals surface area contributed by atoms with Crippen molar-refractivity contribution in [3.05, 3.63) is 12.4 Å². The van der Waals surface area contributed by atoms with Crippen molar-refractivity contribution in [2.24, 2.45) is 0 Å². The Kier molecular flexibility index (Phi) is 6.21. The molecule has 0 unspecified atom stereocenters. The standard InChI is InChI=1S/C15H27N3O/c1-2-19-13-7-11-18-12-10-16-15(18)17-14-8-5-3-4-6-9-14/h10,12,14H,2-9,11,13H2,1H3,(H,16,17). The van der Waals surface area contributed by atoms with Crippen molar-refractivity contribution in [3.63, 3.8) is 0 Å². The van der Waals surface area contributed by atoms with Crippen molar-refractivity contribution >= 4 is 5.95 Å². The maximum atomic E-state index is 5.38. The van der Waals surface area contributed by atoms with E-state index in [1.54, 1.807) is 0 Å². The van der Waals surface area contributed by atoms with Crippen molar-refractivity contribution in [1.82, 2.24) is 9.55 Å². The van der Waals surface area contributed by atoms with Gasteiger partial charge in [-0.15, -0.1) is 0 Å². The summed E-state index contributed by atoms with van der Waals surface area (Å²) in [5.74, 6) is 1.03. The normalized spacial score (nSPS) is 17.3. The van der Waals surface area contributed by atoms with Gasteiger partial charge in [0.15, 0.2) is 0 Å². The third-order valence-electron chi connectivity index (χ3n) is 3.80. The number of nitrogens with one attached hydrogen (secondary N) is 1. The van der Waals surface area contributed by atoms with Gasteiger partial charge in [-0.2, -0.15) is 0 Å². The van der Waals surface area contributed by atoms with Gasteiger partial charge in [0.2, 0.25) is 5.95 Å². The van der Waals surface area contributed by atoms with Crippen LogP contribution in [-0.2, 0) is 11.3 Å². The number of hydrogen-bond acceptors (Lipinski definition) is 3. The van der Waals surface area contributed by atoms with Gasteiger partial charge in [-0.25, -0.2) is 4.98 Å². The van der Waals surface area contributed by atoms with Crippen molar-refractivity contribution in [3.8, 4) is 0 Å². The molecule has 1 N–H and O–H groups in total. The Morgan fingerprint density at radius 3 is 2.84 bits per heavy atom. The Balaban J connectivity index is 1.80. The Hall–Kier alpha value is -1.03. The van der Waals surface area contributed by atoms with Gasteiger partial charge < -0.3 is 14.6 Å². The van der Waals surface area contributed by atoms with Gasteiger partial charge >= 0.3 is 0 Å². The molecular formula is C15H27N3O. The van der Waals surface area contributed by atoms with Gasteiger partial charge in [0, 0.05) is 38.2 Å². The van der Waals surface area contributed by atoms with E-state index < -0.39 is 0 Å². The number of imidazole rings is 1. The first-order chi connectivity index (χ1) is 9.40. The zero-order valence-corrected chi connectivity index (χ0v) is 12.1. The first kappa shape index (κ1) is 14.4. The topological polar surface area (TPSA) is 39.1 Å². The summed E-state index contributed by atoms with van der Waals surface area (Å²) >= 11 is 0. The molecule has 1 saturated carbocycles. The molecule has 0 amide bonds. The molecule has 1 aliphatic rings. The number of nitrogens with zero attached hydrogens (tertiary/aromatic N) is 2. The van der Waals surface area contributed by atoms with E-state index in [4.69, 9.17) is 4.74 Å². The first-order valence-corrected chi connectivity index (χ1v) is 7.75. The molecular weight excluding hydrogens is 238 g/mol. The van der Waals surface area contributed by atoms with Gasteiger partial charge in [-0.05, 0) is 26.2 Å². The van der Waals surface area contributed by atoms with Crippen LogP contribution in [0.5, 0.6) is 0 Å². The SMILES string of the molecule is CCOCCCn1ccnc1NC1CCCCCC1. The highest BCUT2D eigenvalue weighted by atomic mass is 16.5. The van der Waals surface area contributed by atoms with Crippen LogP contribution in [0.15, 0.2) is 12.4 Å². The molecule has 1 aromatic heterocycles. The number of rotatable bonds is 7. The van der Waals surface area contributed by atoms with Crippen LogP contribution in [0.3, 0.4) is 0 Å². The maximum Gasteiger partial charge on any atom is 0.202 e. The molecule has 1 aromatic rings. The van der Waals surface area contributed by atoms with E-state index in [2.05, 4.69) is 21.1 Å². The molecule has 0 atom stereocenters. The van der Waals surface area contributed by atoms with E-state index >= 15 is 0 Å². The summed E-state index contributed by atoms with van der Waals surface area (Å²) in [5.41, 5.74) is 0. The predicted molar refractivity (Wildman–Crippen MR) is 78.4 cm³/mol. The van der Waals surface area contributed by atoms with Crippen LogP contribution in [0.2, 0.25) is 0 Å². The third-order valence-corrected chi connectivity index (χ3v) is 3.80. The third kappa shape index (κ3) is 4.86. The van der Waals surface area contributed by atoms with Crippen LogP contribution >= 0.6 is 0 Å². The van der Waals surface area contributed by atoms with E-state index in [0.29, 0.717) is 6.04 Å². The van der Waals surface area contributed by atoms with Crippen molar-refractivity contribution < 1.29 is 4.74 Å². The molecule has 19 heavy (non-hydrogen) atoms. The summed E-state index contributed by atoms with van der Waals surface area (Å²) in [6.45, 7) is 4.65. The van der Waals surface area contributed by atoms with Gasteiger partial charge in [0.05, 0.1) is 0 Å². The number of aromatic nitrogens is 2. The lowest BCUT2D eigenvalue weighted by Gasteiger charge is -2.18. The quantitative estimate of drug-likeness (QED) is 0.606. The smallest absolute Gasteiger partial charge is 0.202 e. The molecule has 0 bridgehead atoms. The van der Waals surface area contributed by atoms with E-state index in [9.17, 15) is 0 Å². The largest absolute Gasteiger partial charge is 0.382 e. The molecule has 108 valence electrons. The predicted octanol–water partition coefficient (Wildman–Crippen LogP) is 3.44. The summed E-state index contributed by atoms with van der Waals surface area (Å²) in [6.07, 6.45) is 13.0. The summed E-state index contributed by atoms with van der Waals surface area (Å²) in [6, 6.07) is 0.607. The lowest BCUT2D eigenvalue weighted by atomic mass is 10.1. The van der Waals surface area contributed by atoms with Crippen molar-refractivity contribution in [2.45, 2.75) is 64.5 Å².